The number of thioether (sulfide) groups is 2. The number of nitrogens with zero attached hydrogens (tertiary/aromatic N) is 3. The molecular weight excluding hydrogens is 410 g/mol. The summed E-state index contributed by atoms with van der Waals surface area (Å²) in [5.74, 6) is 0.595. The Balaban J connectivity index is 3.99. The van der Waals surface area contributed by atoms with Crippen molar-refractivity contribution in [1.29, 1.82) is 0 Å². The summed E-state index contributed by atoms with van der Waals surface area (Å²) in [5.41, 5.74) is 8.60. The Kier molecular flexibility index (Phi) is 18.3. The molecule has 0 aromatic rings. The summed E-state index contributed by atoms with van der Waals surface area (Å²) in [7, 11) is 0. The Morgan fingerprint density at radius 1 is 1.04 bits per heavy atom. The zero-order chi connectivity index (χ0) is 21.1. The van der Waals surface area contributed by atoms with E-state index in [0.29, 0.717) is 10.1 Å². The van der Waals surface area contributed by atoms with Crippen molar-refractivity contribution >= 4 is 45.2 Å². The lowest BCUT2D eigenvalue weighted by molar-refractivity contribution is -0.145. The second kappa shape index (κ2) is 18.6. The smallest absolute Gasteiger partial charge is 0.322 e. The lowest BCUT2D eigenvalue weighted by atomic mass is 10.1. The first-order valence-corrected chi connectivity index (χ1v) is 12.7. The van der Waals surface area contributed by atoms with E-state index in [1.165, 1.54) is 69.5 Å². The molecule has 0 spiro atoms. The molecule has 0 fully saturated rings. The van der Waals surface area contributed by atoms with Crippen LogP contribution in [-0.4, -0.2) is 33.1 Å². The summed E-state index contributed by atoms with van der Waals surface area (Å²) in [6, 6.07) is 0. The minimum Gasteiger partial charge on any atom is -0.465 e. The quantitative estimate of drug-likeness (QED) is 0.0570. The molecule has 0 heterocycles. The topological polar surface area (TPSA) is 75.1 Å². The summed E-state index contributed by atoms with van der Waals surface area (Å²) in [5, 5.41) is 3.58. The average molecular weight is 448 g/mol. The number of unbranched alkanes of at least 4 members (excludes halogenated alkanes) is 9. The molecule has 0 aliphatic heterocycles. The summed E-state index contributed by atoms with van der Waals surface area (Å²) in [6.45, 7) is 6.33. The molecule has 0 amide bonds. The van der Waals surface area contributed by atoms with E-state index in [0.717, 1.165) is 18.6 Å². The second-order valence-electron chi connectivity index (χ2n) is 7.14. The van der Waals surface area contributed by atoms with Gasteiger partial charge in [-0.2, -0.15) is 0 Å². The van der Waals surface area contributed by atoms with E-state index < -0.39 is 4.75 Å². The third-order valence-electron chi connectivity index (χ3n) is 4.33. The lowest BCUT2D eigenvalue weighted by Gasteiger charge is -2.24. The van der Waals surface area contributed by atoms with Crippen LogP contribution in [0.15, 0.2) is 5.11 Å². The Labute approximate surface area is 185 Å². The molecule has 0 aromatic carbocycles. The van der Waals surface area contributed by atoms with Gasteiger partial charge in [-0.05, 0) is 31.0 Å². The molecule has 0 N–H and O–H groups in total. The van der Waals surface area contributed by atoms with Gasteiger partial charge in [0.2, 0.25) is 0 Å². The van der Waals surface area contributed by atoms with Gasteiger partial charge in [0.15, 0.2) is 0 Å². The SMILES string of the molecule is CCCCCCCCCCCCSC(=S)SC(C)(CN=[N+]=[N-])C(=O)OCCC. The molecular formula is C20H37N3O2S3. The summed E-state index contributed by atoms with van der Waals surface area (Å²) < 4.78 is 5.01. The number of carbonyl (C=O) groups excluding carboxylic acids is 1. The van der Waals surface area contributed by atoms with Crippen LogP contribution >= 0.6 is 35.7 Å². The molecule has 1 atom stereocenters. The van der Waals surface area contributed by atoms with Crippen LogP contribution in [-0.2, 0) is 9.53 Å². The van der Waals surface area contributed by atoms with Crippen LogP contribution in [0.4, 0.5) is 0 Å². The van der Waals surface area contributed by atoms with Crippen molar-refractivity contribution < 1.29 is 9.53 Å². The van der Waals surface area contributed by atoms with Crippen LogP contribution in [0.1, 0.15) is 91.4 Å². The lowest BCUT2D eigenvalue weighted by Crippen LogP contribution is -2.37. The number of hydrogen-bond donors (Lipinski definition) is 0. The van der Waals surface area contributed by atoms with E-state index in [1.807, 2.05) is 6.92 Å². The van der Waals surface area contributed by atoms with Gasteiger partial charge >= 0.3 is 5.97 Å². The molecule has 0 aliphatic rings. The summed E-state index contributed by atoms with van der Waals surface area (Å²) >= 11 is 8.33. The van der Waals surface area contributed by atoms with Gasteiger partial charge in [0.25, 0.3) is 0 Å². The van der Waals surface area contributed by atoms with Crippen molar-refractivity contribution in [3.8, 4) is 0 Å². The fourth-order valence-electron chi connectivity index (χ4n) is 2.61. The Bertz CT molecular complexity index is 485. The largest absolute Gasteiger partial charge is 0.465 e. The van der Waals surface area contributed by atoms with Gasteiger partial charge in [-0.1, -0.05) is 101 Å². The van der Waals surface area contributed by atoms with Gasteiger partial charge in [-0.3, -0.25) is 4.79 Å². The summed E-state index contributed by atoms with van der Waals surface area (Å²) in [6.07, 6.45) is 13.9. The number of esters is 1. The van der Waals surface area contributed by atoms with Gasteiger partial charge in [0.1, 0.15) is 8.28 Å². The van der Waals surface area contributed by atoms with E-state index in [2.05, 4.69) is 16.9 Å². The van der Waals surface area contributed by atoms with E-state index in [1.54, 1.807) is 18.7 Å². The molecule has 0 saturated heterocycles. The Hall–Kier alpha value is -0.430. The van der Waals surface area contributed by atoms with Crippen molar-refractivity contribution in [2.45, 2.75) is 96.1 Å². The summed E-state index contributed by atoms with van der Waals surface area (Å²) in [4.78, 5) is 15.1. The minimum absolute atomic E-state index is 0.0374. The molecule has 162 valence electrons. The van der Waals surface area contributed by atoms with E-state index in [9.17, 15) is 4.79 Å². The Morgan fingerprint density at radius 3 is 2.14 bits per heavy atom. The molecule has 0 saturated carbocycles. The number of azide groups is 1. The molecule has 0 aliphatic carbocycles. The number of thiocarbonyl (C=S) groups is 1. The third-order valence-corrected chi connectivity index (χ3v) is 7.18. The first kappa shape index (κ1) is 27.6. The highest BCUT2D eigenvalue weighted by Gasteiger charge is 2.36. The Morgan fingerprint density at radius 2 is 1.61 bits per heavy atom. The zero-order valence-electron chi connectivity index (χ0n) is 17.8. The van der Waals surface area contributed by atoms with Crippen molar-refractivity contribution in [2.24, 2.45) is 5.11 Å². The van der Waals surface area contributed by atoms with E-state index >= 15 is 0 Å². The molecule has 8 heteroatoms. The average Bonchev–Trinajstić information content (AvgIpc) is 2.68. The monoisotopic (exact) mass is 447 g/mol. The van der Waals surface area contributed by atoms with Crippen LogP contribution in [0.2, 0.25) is 0 Å². The highest BCUT2D eigenvalue weighted by molar-refractivity contribution is 8.47. The van der Waals surface area contributed by atoms with Crippen LogP contribution < -0.4 is 0 Å². The fraction of sp³-hybridized carbons (Fsp3) is 0.900. The molecule has 0 rings (SSSR count). The highest BCUT2D eigenvalue weighted by Crippen LogP contribution is 2.33. The number of carbonyl (C=O) groups is 1. The molecule has 28 heavy (non-hydrogen) atoms. The zero-order valence-corrected chi connectivity index (χ0v) is 20.2. The number of rotatable bonds is 17. The maximum Gasteiger partial charge on any atom is 0.322 e. The minimum atomic E-state index is -0.955. The molecule has 5 nitrogen and oxygen atoms in total. The fourth-order valence-corrected chi connectivity index (χ4v) is 5.60. The maximum atomic E-state index is 12.3. The normalized spacial score (nSPS) is 12.8. The van der Waals surface area contributed by atoms with E-state index in [-0.39, 0.29) is 12.5 Å². The third kappa shape index (κ3) is 14.6. The molecule has 0 aromatic heterocycles. The van der Waals surface area contributed by atoms with Gasteiger partial charge in [0, 0.05) is 4.91 Å². The molecule has 0 bridgehead atoms. The number of hydrogen-bond acceptors (Lipinski definition) is 6. The highest BCUT2D eigenvalue weighted by atomic mass is 32.2. The van der Waals surface area contributed by atoms with E-state index in [4.69, 9.17) is 22.5 Å². The van der Waals surface area contributed by atoms with Gasteiger partial charge in [-0.25, -0.2) is 0 Å². The van der Waals surface area contributed by atoms with Crippen molar-refractivity contribution in [1.82, 2.24) is 0 Å². The van der Waals surface area contributed by atoms with Crippen LogP contribution in [0.25, 0.3) is 10.4 Å². The van der Waals surface area contributed by atoms with Crippen molar-refractivity contribution in [2.75, 3.05) is 18.9 Å². The van der Waals surface area contributed by atoms with Gasteiger partial charge in [-0.15, -0.1) is 11.8 Å². The maximum absolute atomic E-state index is 12.3. The molecule has 1 unspecified atom stereocenters. The molecule has 0 radical (unpaired) electrons. The van der Waals surface area contributed by atoms with Crippen LogP contribution in [0.3, 0.4) is 0 Å². The van der Waals surface area contributed by atoms with Crippen molar-refractivity contribution in [3.63, 3.8) is 0 Å². The first-order valence-electron chi connectivity index (χ1n) is 10.5. The predicted molar refractivity (Wildman–Crippen MR) is 128 cm³/mol. The van der Waals surface area contributed by atoms with Crippen LogP contribution in [0.5, 0.6) is 0 Å². The second-order valence-corrected chi connectivity index (χ2v) is 10.9. The standard InChI is InChI=1S/C20H37N3O2S3/c1-4-6-7-8-9-10-11-12-13-14-16-27-19(26)28-20(3,17-22-23-21)18(24)25-15-5-2/h4-17H2,1-3H3. The van der Waals surface area contributed by atoms with Gasteiger partial charge < -0.3 is 4.74 Å². The van der Waals surface area contributed by atoms with Crippen LogP contribution in [0, 0.1) is 0 Å². The van der Waals surface area contributed by atoms with Crippen molar-refractivity contribution in [3.05, 3.63) is 10.4 Å². The predicted octanol–water partition coefficient (Wildman–Crippen LogP) is 7.68. The van der Waals surface area contributed by atoms with Gasteiger partial charge in [0.05, 0.1) is 13.2 Å². The number of ether oxygens (including phenoxy) is 1. The first-order chi connectivity index (χ1) is 13.5.